The minimum Gasteiger partial charge on any atom is -0.497 e. The highest BCUT2D eigenvalue weighted by molar-refractivity contribution is 5.85. The van der Waals surface area contributed by atoms with Crippen LogP contribution in [0.1, 0.15) is 70.3 Å². The predicted molar refractivity (Wildman–Crippen MR) is 124 cm³/mol. The number of likely N-dealkylation sites (tertiary alicyclic amines) is 1. The number of fused-ring (bicyclic) bond motifs is 1. The van der Waals surface area contributed by atoms with E-state index in [1.54, 1.807) is 7.11 Å². The zero-order chi connectivity index (χ0) is 22.2. The van der Waals surface area contributed by atoms with Crippen LogP contribution in [-0.4, -0.2) is 59.9 Å². The van der Waals surface area contributed by atoms with Gasteiger partial charge in [0.05, 0.1) is 7.11 Å². The fourth-order valence-corrected chi connectivity index (χ4v) is 4.63. The summed E-state index contributed by atoms with van der Waals surface area (Å²) < 4.78 is 5.38. The van der Waals surface area contributed by atoms with Crippen LogP contribution in [0.2, 0.25) is 0 Å². The molecule has 1 aliphatic rings. The average molecular weight is 428 g/mol. The van der Waals surface area contributed by atoms with Gasteiger partial charge < -0.3 is 19.5 Å². The largest absolute Gasteiger partial charge is 0.497 e. The van der Waals surface area contributed by atoms with Crippen molar-refractivity contribution in [3.63, 3.8) is 0 Å². The Kier molecular flexibility index (Phi) is 8.38. The molecule has 6 heteroatoms. The predicted octanol–water partition coefficient (Wildman–Crippen LogP) is 4.70. The Morgan fingerprint density at radius 3 is 2.48 bits per heavy atom. The summed E-state index contributed by atoms with van der Waals surface area (Å²) in [6, 6.07) is 6.12. The first-order chi connectivity index (χ1) is 15.1. The lowest BCUT2D eigenvalue weighted by Crippen LogP contribution is -2.38. The van der Waals surface area contributed by atoms with Crippen LogP contribution in [0.3, 0.4) is 0 Å². The van der Waals surface area contributed by atoms with Crippen LogP contribution in [0, 0.1) is 0 Å². The molecule has 31 heavy (non-hydrogen) atoms. The van der Waals surface area contributed by atoms with E-state index < -0.39 is 0 Å². The number of hydrogen-bond donors (Lipinski definition) is 1. The number of hydrogen-bond acceptors (Lipinski definition) is 3. The highest BCUT2D eigenvalue weighted by Crippen LogP contribution is 2.34. The van der Waals surface area contributed by atoms with Gasteiger partial charge in [-0.05, 0) is 61.8 Å². The SMILES string of the molecule is CCCN(CCC)C(=O)CCCC(=O)N1CCC(c2c[nH]c3ccc(OC)cc23)CC1. The number of methoxy groups -OCH3 is 1. The monoisotopic (exact) mass is 427 g/mol. The van der Waals surface area contributed by atoms with Crippen molar-refractivity contribution in [2.45, 2.75) is 64.7 Å². The molecule has 1 fully saturated rings. The van der Waals surface area contributed by atoms with Crippen LogP contribution in [0.4, 0.5) is 0 Å². The standard InChI is InChI=1S/C25H37N3O3/c1-4-13-27(14-5-2)24(29)7-6-8-25(30)28-15-11-19(12-16-28)22-18-26-23-10-9-20(31-3)17-21(22)23/h9-10,17-19,26H,4-8,11-16H2,1-3H3. The quantitative estimate of drug-likeness (QED) is 0.598. The van der Waals surface area contributed by atoms with Crippen LogP contribution in [0.5, 0.6) is 5.75 Å². The second kappa shape index (κ2) is 11.2. The summed E-state index contributed by atoms with van der Waals surface area (Å²) >= 11 is 0. The molecule has 2 aromatic rings. The van der Waals surface area contributed by atoms with Crippen molar-refractivity contribution in [2.75, 3.05) is 33.3 Å². The van der Waals surface area contributed by atoms with Crippen molar-refractivity contribution in [2.24, 2.45) is 0 Å². The van der Waals surface area contributed by atoms with E-state index in [1.807, 2.05) is 15.9 Å². The van der Waals surface area contributed by atoms with Gasteiger partial charge in [0.15, 0.2) is 0 Å². The number of aromatic nitrogens is 1. The second-order valence-corrected chi connectivity index (χ2v) is 8.54. The average Bonchev–Trinajstić information content (AvgIpc) is 3.22. The summed E-state index contributed by atoms with van der Waals surface area (Å²) in [5.41, 5.74) is 2.44. The van der Waals surface area contributed by atoms with Gasteiger partial charge in [0.2, 0.25) is 11.8 Å². The molecule has 170 valence electrons. The van der Waals surface area contributed by atoms with Gasteiger partial charge in [0.1, 0.15) is 5.75 Å². The molecule has 2 amide bonds. The van der Waals surface area contributed by atoms with Gasteiger partial charge >= 0.3 is 0 Å². The molecule has 3 rings (SSSR count). The number of amides is 2. The van der Waals surface area contributed by atoms with Gasteiger partial charge in [0, 0.05) is 56.1 Å². The Hall–Kier alpha value is -2.50. The molecule has 6 nitrogen and oxygen atoms in total. The van der Waals surface area contributed by atoms with E-state index in [4.69, 9.17) is 4.74 Å². The lowest BCUT2D eigenvalue weighted by atomic mass is 9.89. The number of piperidine rings is 1. The third-order valence-corrected chi connectivity index (χ3v) is 6.33. The number of ether oxygens (including phenoxy) is 1. The highest BCUT2D eigenvalue weighted by atomic mass is 16.5. The summed E-state index contributed by atoms with van der Waals surface area (Å²) in [7, 11) is 1.69. The second-order valence-electron chi connectivity index (χ2n) is 8.54. The number of nitrogens with one attached hydrogen (secondary N) is 1. The van der Waals surface area contributed by atoms with Crippen LogP contribution in [0.25, 0.3) is 10.9 Å². The Morgan fingerprint density at radius 1 is 1.13 bits per heavy atom. The Morgan fingerprint density at radius 2 is 1.84 bits per heavy atom. The van der Waals surface area contributed by atoms with Crippen molar-refractivity contribution in [3.05, 3.63) is 30.0 Å². The number of rotatable bonds is 10. The lowest BCUT2D eigenvalue weighted by Gasteiger charge is -2.32. The highest BCUT2D eigenvalue weighted by Gasteiger charge is 2.25. The molecule has 2 heterocycles. The molecule has 1 saturated heterocycles. The summed E-state index contributed by atoms with van der Waals surface area (Å²) in [6.07, 6.45) is 7.57. The lowest BCUT2D eigenvalue weighted by molar-refractivity contribution is -0.133. The molecule has 0 spiro atoms. The minimum atomic E-state index is 0.185. The van der Waals surface area contributed by atoms with Crippen molar-refractivity contribution >= 4 is 22.7 Å². The summed E-state index contributed by atoms with van der Waals surface area (Å²) in [5, 5.41) is 1.21. The first-order valence-electron chi connectivity index (χ1n) is 11.8. The number of carbonyl (C=O) groups is 2. The van der Waals surface area contributed by atoms with Gasteiger partial charge in [-0.2, -0.15) is 0 Å². The van der Waals surface area contributed by atoms with E-state index in [1.165, 1.54) is 10.9 Å². The fourth-order valence-electron chi connectivity index (χ4n) is 4.63. The number of carbonyl (C=O) groups excluding carboxylic acids is 2. The maximum Gasteiger partial charge on any atom is 0.222 e. The van der Waals surface area contributed by atoms with Crippen molar-refractivity contribution in [1.29, 1.82) is 0 Å². The van der Waals surface area contributed by atoms with E-state index in [9.17, 15) is 9.59 Å². The molecule has 1 aromatic carbocycles. The number of aromatic amines is 1. The van der Waals surface area contributed by atoms with E-state index in [0.717, 1.165) is 63.1 Å². The van der Waals surface area contributed by atoms with Gasteiger partial charge in [-0.25, -0.2) is 0 Å². The maximum absolute atomic E-state index is 12.7. The summed E-state index contributed by atoms with van der Waals surface area (Å²) in [6.45, 7) is 7.38. The first-order valence-corrected chi connectivity index (χ1v) is 11.8. The molecule has 0 bridgehead atoms. The zero-order valence-electron chi connectivity index (χ0n) is 19.3. The first kappa shape index (κ1) is 23.2. The van der Waals surface area contributed by atoms with E-state index in [0.29, 0.717) is 25.2 Å². The van der Waals surface area contributed by atoms with Crippen LogP contribution in [-0.2, 0) is 9.59 Å². The fraction of sp³-hybridized carbons (Fsp3) is 0.600. The maximum atomic E-state index is 12.7. The van der Waals surface area contributed by atoms with Crippen LogP contribution in [0.15, 0.2) is 24.4 Å². The molecule has 1 aliphatic heterocycles. The van der Waals surface area contributed by atoms with Gasteiger partial charge in [-0.3, -0.25) is 9.59 Å². The van der Waals surface area contributed by atoms with Crippen molar-refractivity contribution < 1.29 is 14.3 Å². The molecular weight excluding hydrogens is 390 g/mol. The topological polar surface area (TPSA) is 65.6 Å². The molecule has 0 saturated carbocycles. The Bertz CT molecular complexity index is 862. The van der Waals surface area contributed by atoms with Gasteiger partial charge in [-0.15, -0.1) is 0 Å². The number of H-pyrrole nitrogens is 1. The number of benzene rings is 1. The Balaban J connectivity index is 1.47. The summed E-state index contributed by atoms with van der Waals surface area (Å²) in [5.74, 6) is 1.68. The molecule has 0 atom stereocenters. The van der Waals surface area contributed by atoms with Crippen LogP contribution >= 0.6 is 0 Å². The van der Waals surface area contributed by atoms with Gasteiger partial charge in [0.25, 0.3) is 0 Å². The molecule has 0 unspecified atom stereocenters. The van der Waals surface area contributed by atoms with Crippen molar-refractivity contribution in [3.8, 4) is 5.75 Å². The molecule has 0 radical (unpaired) electrons. The smallest absolute Gasteiger partial charge is 0.222 e. The Labute approximate surface area is 185 Å². The number of nitrogens with zero attached hydrogens (tertiary/aromatic N) is 2. The molecule has 0 aliphatic carbocycles. The normalized spacial score (nSPS) is 14.7. The van der Waals surface area contributed by atoms with E-state index >= 15 is 0 Å². The van der Waals surface area contributed by atoms with E-state index in [2.05, 4.69) is 37.2 Å². The third kappa shape index (κ3) is 5.81. The molecule has 1 aromatic heterocycles. The molecule has 1 N–H and O–H groups in total. The molecular formula is C25H37N3O3. The summed E-state index contributed by atoms with van der Waals surface area (Å²) in [4.78, 5) is 32.3. The minimum absolute atomic E-state index is 0.185. The van der Waals surface area contributed by atoms with Gasteiger partial charge in [-0.1, -0.05) is 13.8 Å². The third-order valence-electron chi connectivity index (χ3n) is 6.33. The van der Waals surface area contributed by atoms with E-state index in [-0.39, 0.29) is 11.8 Å². The zero-order valence-corrected chi connectivity index (χ0v) is 19.3. The van der Waals surface area contributed by atoms with Crippen molar-refractivity contribution in [1.82, 2.24) is 14.8 Å². The van der Waals surface area contributed by atoms with Crippen LogP contribution < -0.4 is 4.74 Å².